The Morgan fingerprint density at radius 3 is 1.10 bits per heavy atom. The molecule has 0 amide bonds. The highest BCUT2D eigenvalue weighted by molar-refractivity contribution is 6.31. The minimum atomic E-state index is 0.629. The molecule has 60 heavy (non-hydrogen) atoms. The zero-order chi connectivity index (χ0) is 42.4. The summed E-state index contributed by atoms with van der Waals surface area (Å²) in [5, 5.41) is 6.42. The van der Waals surface area contributed by atoms with Crippen LogP contribution in [0.2, 0.25) is 0 Å². The lowest BCUT2D eigenvalue weighted by Crippen LogP contribution is -2.04. The first-order chi connectivity index (χ1) is 29.6. The molecule has 1 aromatic heterocycles. The van der Waals surface area contributed by atoms with E-state index in [1.807, 2.05) is 0 Å². The number of benzene rings is 4. The number of aryl methyl sites for hydroxylation is 1. The Kier molecular flexibility index (Phi) is 20.8. The first kappa shape index (κ1) is 47.2. The molecule has 0 spiro atoms. The van der Waals surface area contributed by atoms with Crippen LogP contribution in [-0.2, 0) is 6.42 Å². The van der Waals surface area contributed by atoms with Gasteiger partial charge in [-0.2, -0.15) is 0 Å². The van der Waals surface area contributed by atoms with E-state index in [1.165, 1.54) is 38.5 Å². The van der Waals surface area contributed by atoms with Gasteiger partial charge in [0.1, 0.15) is 5.52 Å². The molecule has 4 aromatic carbocycles. The molecule has 332 valence electrons. The second-order valence-corrected chi connectivity index (χ2v) is 16.9. The van der Waals surface area contributed by atoms with E-state index in [2.05, 4.69) is 71.9 Å². The van der Waals surface area contributed by atoms with Crippen molar-refractivity contribution in [1.82, 2.24) is 4.98 Å². The molecule has 0 atom stereocenters. The number of rotatable bonds is 33. The highest BCUT2D eigenvalue weighted by Gasteiger charge is 2.24. The Balaban J connectivity index is 1.76. The third kappa shape index (κ3) is 13.3. The van der Waals surface area contributed by atoms with Gasteiger partial charge < -0.3 is 28.1 Å². The first-order valence-electron chi connectivity index (χ1n) is 24.6. The van der Waals surface area contributed by atoms with Crippen molar-refractivity contribution in [2.75, 3.05) is 33.0 Å². The van der Waals surface area contributed by atoms with E-state index >= 15 is 0 Å². The van der Waals surface area contributed by atoms with Gasteiger partial charge in [0, 0.05) is 11.8 Å². The van der Waals surface area contributed by atoms with Gasteiger partial charge in [-0.25, -0.2) is 4.98 Å². The molecule has 0 fully saturated rings. The number of oxazole rings is 1. The summed E-state index contributed by atoms with van der Waals surface area (Å²) in [6.45, 7) is 16.6. The van der Waals surface area contributed by atoms with Crippen LogP contribution in [0.25, 0.3) is 43.4 Å². The Labute approximate surface area is 362 Å². The summed E-state index contributed by atoms with van der Waals surface area (Å²) in [5.74, 6) is 4.67. The Hall–Kier alpha value is -3.87. The molecule has 0 aliphatic heterocycles. The fourth-order valence-electron chi connectivity index (χ4n) is 8.15. The molecule has 0 saturated carbocycles. The lowest BCUT2D eigenvalue weighted by molar-refractivity contribution is 0.260. The van der Waals surface area contributed by atoms with Gasteiger partial charge in [-0.1, -0.05) is 144 Å². The molecule has 1 heterocycles. The molecule has 0 N–H and O–H groups in total. The van der Waals surface area contributed by atoms with Crippen molar-refractivity contribution in [2.24, 2.45) is 0 Å². The van der Waals surface area contributed by atoms with Gasteiger partial charge in [-0.15, -0.1) is 0 Å². The molecule has 0 bridgehead atoms. The summed E-state index contributed by atoms with van der Waals surface area (Å²) in [4.78, 5) is 5.35. The van der Waals surface area contributed by atoms with Gasteiger partial charge in [-0.3, -0.25) is 0 Å². The van der Waals surface area contributed by atoms with E-state index in [0.29, 0.717) is 33.0 Å². The predicted octanol–water partition coefficient (Wildman–Crippen LogP) is 16.4. The smallest absolute Gasteiger partial charge is 0.197 e. The molecule has 7 heteroatoms. The molecular weight excluding hydrogens is 747 g/mol. The summed E-state index contributed by atoms with van der Waals surface area (Å²) in [6.07, 6.45) is 25.8. The van der Waals surface area contributed by atoms with E-state index < -0.39 is 0 Å². The maximum Gasteiger partial charge on any atom is 0.197 e. The molecule has 0 aliphatic carbocycles. The van der Waals surface area contributed by atoms with Crippen LogP contribution in [-0.4, -0.2) is 38.0 Å². The first-order valence-corrected chi connectivity index (χ1v) is 24.6. The summed E-state index contributed by atoms with van der Waals surface area (Å²) in [5.41, 5.74) is 1.58. The number of nitrogens with zero attached hydrogens (tertiary/aromatic N) is 1. The molecule has 0 saturated heterocycles. The highest BCUT2D eigenvalue weighted by Crippen LogP contribution is 2.48. The van der Waals surface area contributed by atoms with Crippen molar-refractivity contribution in [2.45, 2.75) is 189 Å². The van der Waals surface area contributed by atoms with Crippen molar-refractivity contribution in [1.29, 1.82) is 0 Å². The van der Waals surface area contributed by atoms with Crippen molar-refractivity contribution in [3.05, 3.63) is 36.2 Å². The summed E-state index contributed by atoms with van der Waals surface area (Å²) in [6, 6.07) is 11.0. The average Bonchev–Trinajstić information content (AvgIpc) is 3.69. The average molecular weight is 826 g/mol. The zero-order valence-electron chi connectivity index (χ0n) is 38.6. The van der Waals surface area contributed by atoms with Gasteiger partial charge >= 0.3 is 0 Å². The maximum atomic E-state index is 6.74. The SMILES string of the molecule is CCCCCCCCCc1nc2c(o1)c(OCCCCC)cc1c3cc(OCCCCC)c(OCCCCC)cc3c3cc(OCCCCC)c(OCCCCC)cc3c12. The van der Waals surface area contributed by atoms with Crippen LogP contribution in [0.3, 0.4) is 0 Å². The lowest BCUT2D eigenvalue weighted by Gasteiger charge is -2.20. The monoisotopic (exact) mass is 826 g/mol. The van der Waals surface area contributed by atoms with Gasteiger partial charge in [0.25, 0.3) is 0 Å². The van der Waals surface area contributed by atoms with E-state index in [9.17, 15) is 0 Å². The Morgan fingerprint density at radius 1 is 0.367 bits per heavy atom. The fourth-order valence-corrected chi connectivity index (χ4v) is 8.15. The quantitative estimate of drug-likeness (QED) is 0.0308. The second-order valence-electron chi connectivity index (χ2n) is 16.9. The highest BCUT2D eigenvalue weighted by atomic mass is 16.5. The second kappa shape index (κ2) is 26.5. The normalized spacial score (nSPS) is 11.7. The maximum absolute atomic E-state index is 6.74. The molecular formula is C53H79NO6. The molecule has 0 radical (unpaired) electrons. The predicted molar refractivity (Wildman–Crippen MR) is 253 cm³/mol. The third-order valence-electron chi connectivity index (χ3n) is 11.7. The molecule has 5 aromatic rings. The van der Waals surface area contributed by atoms with Gasteiger partial charge in [-0.05, 0) is 95.8 Å². The van der Waals surface area contributed by atoms with Gasteiger partial charge in [0.15, 0.2) is 40.2 Å². The number of aromatic nitrogens is 1. The number of unbranched alkanes of at least 4 members (excludes halogenated alkanes) is 16. The van der Waals surface area contributed by atoms with Crippen molar-refractivity contribution < 1.29 is 28.1 Å². The molecule has 7 nitrogen and oxygen atoms in total. The molecule has 0 unspecified atom stereocenters. The van der Waals surface area contributed by atoms with E-state index in [4.69, 9.17) is 33.1 Å². The summed E-state index contributed by atoms with van der Waals surface area (Å²) in [7, 11) is 0. The number of ether oxygens (including phenoxy) is 5. The summed E-state index contributed by atoms with van der Waals surface area (Å²) >= 11 is 0. The number of hydrogen-bond donors (Lipinski definition) is 0. The van der Waals surface area contributed by atoms with Gasteiger partial charge in [0.2, 0.25) is 0 Å². The Morgan fingerprint density at radius 2 is 0.683 bits per heavy atom. The molecule has 0 aliphatic rings. The topological polar surface area (TPSA) is 72.2 Å². The van der Waals surface area contributed by atoms with E-state index in [0.717, 1.165) is 187 Å². The Bertz CT molecular complexity index is 1950. The largest absolute Gasteiger partial charge is 0.490 e. The van der Waals surface area contributed by atoms with Gasteiger partial charge in [0.05, 0.1) is 33.0 Å². The van der Waals surface area contributed by atoms with Crippen LogP contribution in [0.4, 0.5) is 0 Å². The van der Waals surface area contributed by atoms with Crippen molar-refractivity contribution in [3.63, 3.8) is 0 Å². The number of fused-ring (bicyclic) bond motifs is 8. The molecule has 5 rings (SSSR count). The lowest BCUT2D eigenvalue weighted by atomic mass is 9.92. The van der Waals surface area contributed by atoms with Crippen LogP contribution in [0.15, 0.2) is 34.7 Å². The van der Waals surface area contributed by atoms with Crippen LogP contribution < -0.4 is 23.7 Å². The minimum Gasteiger partial charge on any atom is -0.490 e. The van der Waals surface area contributed by atoms with E-state index in [-0.39, 0.29) is 0 Å². The fraction of sp³-hybridized carbons (Fsp3) is 0.642. The zero-order valence-corrected chi connectivity index (χ0v) is 38.6. The minimum absolute atomic E-state index is 0.629. The standard InChI is InChI=1S/C53H79NO6/c1-7-13-19-20-21-22-23-29-50-54-52-51-43-38-48(58-33-27-17-11-5)47(57-32-26-16-10-4)36-41(43)40-35-45(55-30-24-14-8-2)46(56-31-25-15-9-3)37-42(40)44(51)39-49(53(52)60-50)59-34-28-18-12-6/h35-39H,7-34H2,1-6H3. The van der Waals surface area contributed by atoms with Crippen LogP contribution >= 0.6 is 0 Å². The van der Waals surface area contributed by atoms with Crippen LogP contribution in [0, 0.1) is 0 Å². The third-order valence-corrected chi connectivity index (χ3v) is 11.7. The van der Waals surface area contributed by atoms with Crippen LogP contribution in [0.5, 0.6) is 28.7 Å². The van der Waals surface area contributed by atoms with Crippen molar-refractivity contribution >= 4 is 43.4 Å². The summed E-state index contributed by atoms with van der Waals surface area (Å²) < 4.78 is 39.8. The van der Waals surface area contributed by atoms with Crippen LogP contribution in [0.1, 0.15) is 189 Å². The van der Waals surface area contributed by atoms with E-state index in [1.54, 1.807) is 0 Å². The number of hydrogen-bond acceptors (Lipinski definition) is 7. The van der Waals surface area contributed by atoms with Crippen molar-refractivity contribution in [3.8, 4) is 28.7 Å².